The summed E-state index contributed by atoms with van der Waals surface area (Å²) in [4.78, 5) is 23.8. The molecule has 0 fully saturated rings. The van der Waals surface area contributed by atoms with Crippen LogP contribution >= 0.6 is 0 Å². The normalized spacial score (nSPS) is 13.9. The molecule has 0 unspecified atom stereocenters. The Morgan fingerprint density at radius 1 is 1.11 bits per heavy atom. The third kappa shape index (κ3) is 3.79. The highest BCUT2D eigenvalue weighted by atomic mass is 16.5. The van der Waals surface area contributed by atoms with E-state index >= 15 is 0 Å². The maximum Gasteiger partial charge on any atom is 0.232 e. The predicted octanol–water partition coefficient (Wildman–Crippen LogP) is 3.60. The van der Waals surface area contributed by atoms with Crippen LogP contribution in [-0.2, 0) is 4.79 Å². The molecule has 0 radical (unpaired) electrons. The topological polar surface area (TPSA) is 71.1 Å². The van der Waals surface area contributed by atoms with Crippen LogP contribution in [0.1, 0.15) is 28.4 Å². The number of ether oxygens (including phenoxy) is 4. The molecule has 2 aromatic carbocycles. The summed E-state index contributed by atoms with van der Waals surface area (Å²) in [6.45, 7) is 3.23. The van der Waals surface area contributed by atoms with Crippen molar-refractivity contribution in [1.82, 2.24) is 0 Å². The zero-order chi connectivity index (χ0) is 19.6. The third-order valence-corrected chi connectivity index (χ3v) is 4.09. The standard InChI is InChI=1S/C21H20O6/c1-12-7-15(26-11-13(2)22)10-18-20(12)21(23)19(27-18)9-14-5-6-16(24-3)17(8-14)25-4/h5-10H,11H2,1-4H3/b19-9-. The molecule has 0 amide bonds. The highest BCUT2D eigenvalue weighted by Crippen LogP contribution is 2.38. The second kappa shape index (κ2) is 7.53. The number of carbonyl (C=O) groups excluding carboxylic acids is 2. The molecule has 3 rings (SSSR count). The molecule has 1 aliphatic rings. The smallest absolute Gasteiger partial charge is 0.232 e. The fourth-order valence-corrected chi connectivity index (χ4v) is 2.84. The van der Waals surface area contributed by atoms with E-state index in [9.17, 15) is 9.59 Å². The maximum absolute atomic E-state index is 12.7. The van der Waals surface area contributed by atoms with Crippen LogP contribution in [0.3, 0.4) is 0 Å². The van der Waals surface area contributed by atoms with Crippen LogP contribution in [0.5, 0.6) is 23.0 Å². The summed E-state index contributed by atoms with van der Waals surface area (Å²) >= 11 is 0. The van der Waals surface area contributed by atoms with Crippen LogP contribution in [0.15, 0.2) is 36.1 Å². The summed E-state index contributed by atoms with van der Waals surface area (Å²) in [6, 6.07) is 8.68. The van der Waals surface area contributed by atoms with Gasteiger partial charge in [0, 0.05) is 6.07 Å². The Morgan fingerprint density at radius 3 is 2.52 bits per heavy atom. The van der Waals surface area contributed by atoms with Gasteiger partial charge in [0.2, 0.25) is 5.78 Å². The van der Waals surface area contributed by atoms with E-state index in [1.807, 2.05) is 6.07 Å². The van der Waals surface area contributed by atoms with E-state index in [1.165, 1.54) is 6.92 Å². The third-order valence-electron chi connectivity index (χ3n) is 4.09. The van der Waals surface area contributed by atoms with Gasteiger partial charge in [-0.25, -0.2) is 0 Å². The number of hydrogen-bond acceptors (Lipinski definition) is 6. The van der Waals surface area contributed by atoms with Gasteiger partial charge < -0.3 is 18.9 Å². The van der Waals surface area contributed by atoms with Gasteiger partial charge in [0.05, 0.1) is 19.8 Å². The molecule has 2 aromatic rings. The van der Waals surface area contributed by atoms with Gasteiger partial charge in [0.15, 0.2) is 23.0 Å². The Balaban J connectivity index is 1.91. The summed E-state index contributed by atoms with van der Waals surface area (Å²) < 4.78 is 21.7. The molecule has 0 atom stereocenters. The molecule has 0 bridgehead atoms. The van der Waals surface area contributed by atoms with Crippen molar-refractivity contribution in [2.75, 3.05) is 20.8 Å². The Labute approximate surface area is 157 Å². The van der Waals surface area contributed by atoms with Crippen molar-refractivity contribution in [1.29, 1.82) is 0 Å². The van der Waals surface area contributed by atoms with Gasteiger partial charge in [-0.15, -0.1) is 0 Å². The molecule has 1 aliphatic heterocycles. The zero-order valence-corrected chi connectivity index (χ0v) is 15.6. The van der Waals surface area contributed by atoms with Crippen LogP contribution in [0, 0.1) is 6.92 Å². The minimum Gasteiger partial charge on any atom is -0.493 e. The molecule has 0 spiro atoms. The number of Topliss-reactive ketones (excluding diaryl/α,β-unsaturated/α-hetero) is 2. The molecular formula is C21H20O6. The van der Waals surface area contributed by atoms with Crippen molar-refractivity contribution >= 4 is 17.6 Å². The molecule has 27 heavy (non-hydrogen) atoms. The fraction of sp³-hybridized carbons (Fsp3) is 0.238. The Morgan fingerprint density at radius 2 is 1.85 bits per heavy atom. The van der Waals surface area contributed by atoms with Crippen LogP contribution in [0.2, 0.25) is 0 Å². The van der Waals surface area contributed by atoms with Crippen molar-refractivity contribution in [3.8, 4) is 23.0 Å². The van der Waals surface area contributed by atoms with Gasteiger partial charge in [-0.3, -0.25) is 9.59 Å². The molecule has 0 saturated heterocycles. The maximum atomic E-state index is 12.7. The highest BCUT2D eigenvalue weighted by Gasteiger charge is 2.30. The van der Waals surface area contributed by atoms with Gasteiger partial charge in [0.25, 0.3) is 0 Å². The van der Waals surface area contributed by atoms with Gasteiger partial charge in [-0.05, 0) is 49.2 Å². The quantitative estimate of drug-likeness (QED) is 0.726. The van der Waals surface area contributed by atoms with Crippen molar-refractivity contribution in [2.24, 2.45) is 0 Å². The highest BCUT2D eigenvalue weighted by molar-refractivity contribution is 6.15. The molecular weight excluding hydrogens is 348 g/mol. The average Bonchev–Trinajstić information content (AvgIpc) is 2.95. The second-order valence-corrected chi connectivity index (χ2v) is 6.16. The van der Waals surface area contributed by atoms with Crippen LogP contribution in [0.4, 0.5) is 0 Å². The lowest BCUT2D eigenvalue weighted by molar-refractivity contribution is -0.118. The number of rotatable bonds is 6. The van der Waals surface area contributed by atoms with E-state index in [4.69, 9.17) is 18.9 Å². The van der Waals surface area contributed by atoms with E-state index < -0.39 is 0 Å². The lowest BCUT2D eigenvalue weighted by Crippen LogP contribution is -2.06. The number of ketones is 2. The van der Waals surface area contributed by atoms with Crippen LogP contribution < -0.4 is 18.9 Å². The largest absolute Gasteiger partial charge is 0.493 e. The number of methoxy groups -OCH3 is 2. The molecule has 0 aliphatic carbocycles. The summed E-state index contributed by atoms with van der Waals surface area (Å²) in [5.74, 6) is 2.00. The van der Waals surface area contributed by atoms with Crippen molar-refractivity contribution in [2.45, 2.75) is 13.8 Å². The van der Waals surface area contributed by atoms with E-state index in [-0.39, 0.29) is 23.9 Å². The Bertz CT molecular complexity index is 942. The molecule has 1 heterocycles. The van der Waals surface area contributed by atoms with Crippen molar-refractivity contribution in [3.63, 3.8) is 0 Å². The van der Waals surface area contributed by atoms with E-state index in [0.29, 0.717) is 28.6 Å². The van der Waals surface area contributed by atoms with Crippen LogP contribution in [-0.4, -0.2) is 32.4 Å². The van der Waals surface area contributed by atoms with Gasteiger partial charge in [0.1, 0.15) is 18.1 Å². The first-order chi connectivity index (χ1) is 12.9. The minimum absolute atomic E-state index is 0.0273. The summed E-state index contributed by atoms with van der Waals surface area (Å²) in [5, 5.41) is 0. The lowest BCUT2D eigenvalue weighted by Gasteiger charge is -2.08. The number of benzene rings is 2. The SMILES string of the molecule is COc1ccc(/C=C2\Oc3cc(OCC(C)=O)cc(C)c3C2=O)cc1OC. The number of fused-ring (bicyclic) bond motifs is 1. The average molecular weight is 368 g/mol. The summed E-state index contributed by atoms with van der Waals surface area (Å²) in [7, 11) is 3.11. The first kappa shape index (κ1) is 18.5. The second-order valence-electron chi connectivity index (χ2n) is 6.16. The Hall–Kier alpha value is -3.28. The number of allylic oxidation sites excluding steroid dienone is 1. The molecule has 140 valence electrons. The van der Waals surface area contributed by atoms with Crippen molar-refractivity contribution < 1.29 is 28.5 Å². The fourth-order valence-electron chi connectivity index (χ4n) is 2.84. The minimum atomic E-state index is -0.199. The molecule has 6 heteroatoms. The van der Waals surface area contributed by atoms with Gasteiger partial charge in [-0.1, -0.05) is 6.07 Å². The van der Waals surface area contributed by atoms with Crippen molar-refractivity contribution in [3.05, 3.63) is 52.8 Å². The van der Waals surface area contributed by atoms with Gasteiger partial charge in [-0.2, -0.15) is 0 Å². The van der Waals surface area contributed by atoms with Gasteiger partial charge >= 0.3 is 0 Å². The lowest BCUT2D eigenvalue weighted by atomic mass is 10.0. The monoisotopic (exact) mass is 368 g/mol. The summed E-state index contributed by atoms with van der Waals surface area (Å²) in [6.07, 6.45) is 1.65. The number of aryl methyl sites for hydroxylation is 1. The predicted molar refractivity (Wildman–Crippen MR) is 99.8 cm³/mol. The number of hydrogen-bond donors (Lipinski definition) is 0. The van der Waals surface area contributed by atoms with E-state index in [2.05, 4.69) is 0 Å². The molecule has 0 N–H and O–H groups in total. The van der Waals surface area contributed by atoms with E-state index in [0.717, 1.165) is 11.1 Å². The van der Waals surface area contributed by atoms with E-state index in [1.54, 1.807) is 51.5 Å². The molecule has 6 nitrogen and oxygen atoms in total. The molecule has 0 saturated carbocycles. The van der Waals surface area contributed by atoms with Crippen LogP contribution in [0.25, 0.3) is 6.08 Å². The number of carbonyl (C=O) groups is 2. The molecule has 0 aromatic heterocycles. The Kier molecular flexibility index (Phi) is 5.16. The first-order valence-corrected chi connectivity index (χ1v) is 8.36. The zero-order valence-electron chi connectivity index (χ0n) is 15.6. The first-order valence-electron chi connectivity index (χ1n) is 8.36. The summed E-state index contributed by atoms with van der Waals surface area (Å²) in [5.41, 5.74) is 1.97.